The first kappa shape index (κ1) is 12.4. The molecule has 1 aliphatic rings. The molecular formula is C11H12BrClO2S. The van der Waals surface area contributed by atoms with Gasteiger partial charge in [0, 0.05) is 9.35 Å². The first-order valence-electron chi connectivity index (χ1n) is 5.22. The quantitative estimate of drug-likeness (QED) is 0.905. The van der Waals surface area contributed by atoms with E-state index >= 15 is 0 Å². The summed E-state index contributed by atoms with van der Waals surface area (Å²) in [5, 5.41) is 8.92. The van der Waals surface area contributed by atoms with Gasteiger partial charge in [-0.25, -0.2) is 0 Å². The van der Waals surface area contributed by atoms with Gasteiger partial charge in [0.15, 0.2) is 0 Å². The molecule has 5 heteroatoms. The molecule has 1 aromatic rings. The van der Waals surface area contributed by atoms with Gasteiger partial charge in [0.1, 0.15) is 4.34 Å². The highest BCUT2D eigenvalue weighted by Crippen LogP contribution is 2.38. The second-order valence-electron chi connectivity index (χ2n) is 4.25. The first-order valence-corrected chi connectivity index (χ1v) is 7.21. The van der Waals surface area contributed by atoms with Gasteiger partial charge < -0.3 is 5.11 Å². The summed E-state index contributed by atoms with van der Waals surface area (Å²) in [6.45, 7) is 0. The minimum atomic E-state index is -0.645. The van der Waals surface area contributed by atoms with E-state index in [1.807, 2.05) is 6.07 Å². The third-order valence-corrected chi connectivity index (χ3v) is 5.57. The molecular weight excluding hydrogens is 312 g/mol. The number of thiophene rings is 1. The maximum Gasteiger partial charge on any atom is 0.306 e. The van der Waals surface area contributed by atoms with E-state index in [4.69, 9.17) is 16.7 Å². The summed E-state index contributed by atoms with van der Waals surface area (Å²) in [6, 6.07) is 2.04. The smallest absolute Gasteiger partial charge is 0.306 e. The molecule has 1 aromatic heterocycles. The SMILES string of the molecule is O=C(O)[C@@H]1CC[C@@H](Cc2cc(Br)c(Cl)s2)C1. The van der Waals surface area contributed by atoms with E-state index in [2.05, 4.69) is 15.9 Å². The van der Waals surface area contributed by atoms with E-state index in [1.165, 1.54) is 4.88 Å². The maximum absolute atomic E-state index is 10.8. The third kappa shape index (κ3) is 2.79. The molecule has 2 nitrogen and oxygen atoms in total. The summed E-state index contributed by atoms with van der Waals surface area (Å²) in [4.78, 5) is 12.1. The second kappa shape index (κ2) is 5.07. The molecule has 0 saturated heterocycles. The molecule has 0 radical (unpaired) electrons. The molecule has 0 amide bonds. The zero-order valence-electron chi connectivity index (χ0n) is 8.58. The fourth-order valence-corrected chi connectivity index (χ4v) is 4.17. The van der Waals surface area contributed by atoms with Crippen LogP contribution in [0.15, 0.2) is 10.5 Å². The highest BCUT2D eigenvalue weighted by Gasteiger charge is 2.29. The topological polar surface area (TPSA) is 37.3 Å². The molecule has 1 N–H and O–H groups in total. The number of carbonyl (C=O) groups is 1. The van der Waals surface area contributed by atoms with Crippen LogP contribution in [0.1, 0.15) is 24.1 Å². The summed E-state index contributed by atoms with van der Waals surface area (Å²) in [7, 11) is 0. The van der Waals surface area contributed by atoms with Crippen molar-refractivity contribution in [3.8, 4) is 0 Å². The Balaban J connectivity index is 1.94. The molecule has 0 aliphatic heterocycles. The van der Waals surface area contributed by atoms with Gasteiger partial charge in [-0.15, -0.1) is 11.3 Å². The Morgan fingerprint density at radius 3 is 2.88 bits per heavy atom. The molecule has 0 unspecified atom stereocenters. The minimum Gasteiger partial charge on any atom is -0.481 e. The lowest BCUT2D eigenvalue weighted by Gasteiger charge is -2.06. The van der Waals surface area contributed by atoms with Crippen LogP contribution < -0.4 is 0 Å². The summed E-state index contributed by atoms with van der Waals surface area (Å²) < 4.78 is 1.73. The predicted molar refractivity (Wildman–Crippen MR) is 69.2 cm³/mol. The van der Waals surface area contributed by atoms with Gasteiger partial charge in [-0.1, -0.05) is 11.6 Å². The van der Waals surface area contributed by atoms with Crippen LogP contribution in [0.5, 0.6) is 0 Å². The zero-order valence-corrected chi connectivity index (χ0v) is 11.7. The Morgan fingerprint density at radius 1 is 1.62 bits per heavy atom. The summed E-state index contributed by atoms with van der Waals surface area (Å²) in [6.07, 6.45) is 3.60. The fraction of sp³-hybridized carbons (Fsp3) is 0.545. The van der Waals surface area contributed by atoms with Crippen molar-refractivity contribution in [3.63, 3.8) is 0 Å². The van der Waals surface area contributed by atoms with Crippen LogP contribution in [0.4, 0.5) is 0 Å². The minimum absolute atomic E-state index is 0.135. The number of aliphatic carboxylic acids is 1. The average Bonchev–Trinajstić information content (AvgIpc) is 2.76. The van der Waals surface area contributed by atoms with E-state index < -0.39 is 5.97 Å². The van der Waals surface area contributed by atoms with Crippen LogP contribution >= 0.6 is 38.9 Å². The van der Waals surface area contributed by atoms with Crippen molar-refractivity contribution in [3.05, 3.63) is 19.8 Å². The van der Waals surface area contributed by atoms with Crippen molar-refractivity contribution in [2.75, 3.05) is 0 Å². The van der Waals surface area contributed by atoms with Crippen molar-refractivity contribution in [2.45, 2.75) is 25.7 Å². The van der Waals surface area contributed by atoms with E-state index in [0.717, 1.165) is 34.5 Å². The highest BCUT2D eigenvalue weighted by atomic mass is 79.9. The van der Waals surface area contributed by atoms with Gasteiger partial charge in [-0.2, -0.15) is 0 Å². The van der Waals surface area contributed by atoms with Gasteiger partial charge in [0.2, 0.25) is 0 Å². The number of carboxylic acid groups (broad SMARTS) is 1. The molecule has 1 aliphatic carbocycles. The van der Waals surface area contributed by atoms with Gasteiger partial charge in [-0.05, 0) is 53.6 Å². The Labute approximate surface area is 112 Å². The van der Waals surface area contributed by atoms with E-state index in [1.54, 1.807) is 11.3 Å². The third-order valence-electron chi connectivity index (χ3n) is 3.08. The lowest BCUT2D eigenvalue weighted by molar-refractivity contribution is -0.141. The van der Waals surface area contributed by atoms with Gasteiger partial charge in [0.25, 0.3) is 0 Å². The van der Waals surface area contributed by atoms with Crippen LogP contribution in [-0.4, -0.2) is 11.1 Å². The predicted octanol–water partition coefficient (Wildman–Crippen LogP) is 4.21. The van der Waals surface area contributed by atoms with E-state index in [-0.39, 0.29) is 5.92 Å². The van der Waals surface area contributed by atoms with Crippen LogP contribution in [-0.2, 0) is 11.2 Å². The number of hydrogen-bond acceptors (Lipinski definition) is 2. The Morgan fingerprint density at radius 2 is 2.38 bits per heavy atom. The molecule has 1 heterocycles. The van der Waals surface area contributed by atoms with E-state index in [9.17, 15) is 4.79 Å². The molecule has 16 heavy (non-hydrogen) atoms. The normalized spacial score (nSPS) is 24.9. The van der Waals surface area contributed by atoms with Gasteiger partial charge >= 0.3 is 5.97 Å². The molecule has 88 valence electrons. The fourth-order valence-electron chi connectivity index (χ4n) is 2.26. The van der Waals surface area contributed by atoms with Crippen molar-refractivity contribution in [1.82, 2.24) is 0 Å². The van der Waals surface area contributed by atoms with E-state index in [0.29, 0.717) is 5.92 Å². The number of hydrogen-bond donors (Lipinski definition) is 1. The van der Waals surface area contributed by atoms with Crippen molar-refractivity contribution in [1.29, 1.82) is 0 Å². The standard InChI is InChI=1S/C11H12BrClO2S/c12-9-5-8(16-10(9)13)4-6-1-2-7(3-6)11(14)15/h5-7H,1-4H2,(H,14,15)/t6-,7-/m1/s1. The maximum atomic E-state index is 10.8. The molecule has 2 atom stereocenters. The van der Waals surface area contributed by atoms with Crippen LogP contribution in [0.2, 0.25) is 4.34 Å². The number of carboxylic acids is 1. The summed E-state index contributed by atoms with van der Waals surface area (Å²) in [5.41, 5.74) is 0. The van der Waals surface area contributed by atoms with Crippen molar-refractivity contribution >= 4 is 44.8 Å². The van der Waals surface area contributed by atoms with Crippen molar-refractivity contribution in [2.24, 2.45) is 11.8 Å². The average molecular weight is 324 g/mol. The zero-order chi connectivity index (χ0) is 11.7. The Hall–Kier alpha value is -0.0600. The molecule has 0 spiro atoms. The summed E-state index contributed by atoms with van der Waals surface area (Å²) >= 11 is 10.9. The largest absolute Gasteiger partial charge is 0.481 e. The molecule has 1 fully saturated rings. The number of rotatable bonds is 3. The molecule has 0 bridgehead atoms. The molecule has 2 rings (SSSR count). The van der Waals surface area contributed by atoms with Crippen LogP contribution in [0, 0.1) is 11.8 Å². The van der Waals surface area contributed by atoms with Crippen LogP contribution in [0.25, 0.3) is 0 Å². The second-order valence-corrected chi connectivity index (χ2v) is 6.85. The Kier molecular flexibility index (Phi) is 3.93. The monoisotopic (exact) mass is 322 g/mol. The lowest BCUT2D eigenvalue weighted by atomic mass is 10.0. The van der Waals surface area contributed by atoms with Gasteiger partial charge in [0.05, 0.1) is 5.92 Å². The molecule has 1 saturated carbocycles. The highest BCUT2D eigenvalue weighted by molar-refractivity contribution is 9.10. The molecule has 0 aromatic carbocycles. The Bertz CT molecular complexity index is 385. The first-order chi connectivity index (χ1) is 7.56. The summed E-state index contributed by atoms with van der Waals surface area (Å²) in [5.74, 6) is -0.278. The number of halogens is 2. The lowest BCUT2D eigenvalue weighted by Crippen LogP contribution is -2.09. The van der Waals surface area contributed by atoms with Gasteiger partial charge in [-0.3, -0.25) is 4.79 Å². The van der Waals surface area contributed by atoms with Crippen LogP contribution in [0.3, 0.4) is 0 Å². The van der Waals surface area contributed by atoms with Crippen molar-refractivity contribution < 1.29 is 9.90 Å².